The SMILES string of the molecule is CC[CH]c1ccc(Cl)c2nc3n(c12)CCCN3c1ccc(Cl)cc1Cl. The molecule has 1 aliphatic rings. The van der Waals surface area contributed by atoms with E-state index in [9.17, 15) is 0 Å². The first-order chi connectivity index (χ1) is 12.1. The molecule has 25 heavy (non-hydrogen) atoms. The summed E-state index contributed by atoms with van der Waals surface area (Å²) in [7, 11) is 0. The lowest BCUT2D eigenvalue weighted by molar-refractivity contribution is 0.603. The maximum Gasteiger partial charge on any atom is 0.211 e. The highest BCUT2D eigenvalue weighted by atomic mass is 35.5. The number of rotatable bonds is 3. The lowest BCUT2D eigenvalue weighted by Gasteiger charge is -2.30. The molecule has 6 heteroatoms. The predicted molar refractivity (Wildman–Crippen MR) is 107 cm³/mol. The monoisotopic (exact) mass is 392 g/mol. The van der Waals surface area contributed by atoms with Gasteiger partial charge in [-0.3, -0.25) is 0 Å². The molecule has 3 aromatic rings. The molecule has 0 fully saturated rings. The van der Waals surface area contributed by atoms with Crippen molar-refractivity contribution >= 4 is 57.5 Å². The van der Waals surface area contributed by atoms with Crippen molar-refractivity contribution in [1.82, 2.24) is 9.55 Å². The van der Waals surface area contributed by atoms with Crippen LogP contribution in [-0.4, -0.2) is 16.1 Å². The fourth-order valence-corrected chi connectivity index (χ4v) is 4.14. The summed E-state index contributed by atoms with van der Waals surface area (Å²) in [4.78, 5) is 7.01. The quantitative estimate of drug-likeness (QED) is 0.506. The van der Waals surface area contributed by atoms with Crippen LogP contribution >= 0.6 is 34.8 Å². The zero-order chi connectivity index (χ0) is 17.6. The Bertz CT molecular complexity index is 949. The fourth-order valence-electron chi connectivity index (χ4n) is 3.44. The summed E-state index contributed by atoms with van der Waals surface area (Å²) in [5.74, 6) is 0.879. The summed E-state index contributed by atoms with van der Waals surface area (Å²) in [6.07, 6.45) is 4.18. The third kappa shape index (κ3) is 2.88. The van der Waals surface area contributed by atoms with E-state index in [0.29, 0.717) is 15.1 Å². The van der Waals surface area contributed by atoms with Crippen LogP contribution in [0.5, 0.6) is 0 Å². The first-order valence-electron chi connectivity index (χ1n) is 8.34. The number of aromatic nitrogens is 2. The summed E-state index contributed by atoms with van der Waals surface area (Å²) in [5.41, 5.74) is 4.03. The summed E-state index contributed by atoms with van der Waals surface area (Å²) < 4.78 is 2.25. The molecule has 0 saturated carbocycles. The minimum Gasteiger partial charge on any atom is -0.310 e. The fraction of sp³-hybridized carbons (Fsp3) is 0.263. The molecule has 2 heterocycles. The molecule has 0 unspecified atom stereocenters. The molecule has 129 valence electrons. The highest BCUT2D eigenvalue weighted by Gasteiger charge is 2.26. The highest BCUT2D eigenvalue weighted by molar-refractivity contribution is 6.36. The van der Waals surface area contributed by atoms with Crippen molar-refractivity contribution in [3.8, 4) is 0 Å². The van der Waals surface area contributed by atoms with Crippen molar-refractivity contribution in [1.29, 1.82) is 0 Å². The van der Waals surface area contributed by atoms with Gasteiger partial charge in [-0.25, -0.2) is 4.98 Å². The highest BCUT2D eigenvalue weighted by Crippen LogP contribution is 2.39. The van der Waals surface area contributed by atoms with E-state index in [1.807, 2.05) is 18.2 Å². The van der Waals surface area contributed by atoms with E-state index in [2.05, 4.69) is 28.9 Å². The summed E-state index contributed by atoms with van der Waals surface area (Å²) >= 11 is 18.9. The third-order valence-electron chi connectivity index (χ3n) is 4.49. The molecule has 0 saturated heterocycles. The third-order valence-corrected chi connectivity index (χ3v) is 5.33. The van der Waals surface area contributed by atoms with Gasteiger partial charge in [-0.2, -0.15) is 0 Å². The molecule has 1 radical (unpaired) electrons. The first kappa shape index (κ1) is 17.0. The van der Waals surface area contributed by atoms with Gasteiger partial charge in [0.25, 0.3) is 0 Å². The van der Waals surface area contributed by atoms with E-state index < -0.39 is 0 Å². The number of halogens is 3. The summed E-state index contributed by atoms with van der Waals surface area (Å²) in [6.45, 7) is 3.90. The van der Waals surface area contributed by atoms with Gasteiger partial charge in [-0.05, 0) is 49.1 Å². The van der Waals surface area contributed by atoms with Crippen LogP contribution in [0.2, 0.25) is 15.1 Å². The second-order valence-corrected chi connectivity index (χ2v) is 7.36. The number of aryl methyl sites for hydroxylation is 1. The van der Waals surface area contributed by atoms with Gasteiger partial charge in [0, 0.05) is 18.1 Å². The zero-order valence-corrected chi connectivity index (χ0v) is 16.0. The largest absolute Gasteiger partial charge is 0.310 e. The van der Waals surface area contributed by atoms with E-state index in [1.165, 1.54) is 5.56 Å². The van der Waals surface area contributed by atoms with E-state index in [1.54, 1.807) is 6.07 Å². The van der Waals surface area contributed by atoms with Crippen LogP contribution in [0.15, 0.2) is 30.3 Å². The van der Waals surface area contributed by atoms with Crippen LogP contribution < -0.4 is 4.90 Å². The van der Waals surface area contributed by atoms with Crippen LogP contribution in [0.3, 0.4) is 0 Å². The molecule has 1 aromatic heterocycles. The number of fused-ring (bicyclic) bond motifs is 3. The van der Waals surface area contributed by atoms with Crippen molar-refractivity contribution in [3.63, 3.8) is 0 Å². The Balaban J connectivity index is 1.93. The smallest absolute Gasteiger partial charge is 0.211 e. The average molecular weight is 394 g/mol. The maximum atomic E-state index is 6.44. The number of benzene rings is 2. The van der Waals surface area contributed by atoms with Crippen LogP contribution in [-0.2, 0) is 6.54 Å². The summed E-state index contributed by atoms with van der Waals surface area (Å²) in [5, 5.41) is 1.92. The number of imidazole rings is 1. The van der Waals surface area contributed by atoms with Gasteiger partial charge < -0.3 is 9.47 Å². The van der Waals surface area contributed by atoms with Gasteiger partial charge in [0.1, 0.15) is 5.52 Å². The van der Waals surface area contributed by atoms with E-state index in [4.69, 9.17) is 39.8 Å². The molecule has 2 aromatic carbocycles. The molecule has 0 aliphatic carbocycles. The zero-order valence-electron chi connectivity index (χ0n) is 13.8. The van der Waals surface area contributed by atoms with Gasteiger partial charge in [0.05, 0.1) is 21.2 Å². The molecule has 0 atom stereocenters. The van der Waals surface area contributed by atoms with E-state index in [-0.39, 0.29) is 0 Å². The van der Waals surface area contributed by atoms with Crippen molar-refractivity contribution in [2.75, 3.05) is 11.4 Å². The van der Waals surface area contributed by atoms with Crippen molar-refractivity contribution < 1.29 is 0 Å². The van der Waals surface area contributed by atoms with Crippen LogP contribution in [0.1, 0.15) is 25.3 Å². The second kappa shape index (κ2) is 6.71. The standard InChI is InChI=1S/C19H17Cl3N3/c1-2-4-12-5-7-14(21)17-18(12)25-10-3-9-24(19(25)23-17)16-8-6-13(20)11-15(16)22/h4-8,11H,2-3,9-10H2,1H3. The van der Waals surface area contributed by atoms with Gasteiger partial charge in [-0.15, -0.1) is 0 Å². The Morgan fingerprint density at radius 1 is 1.08 bits per heavy atom. The molecule has 4 rings (SSSR count). The number of nitrogens with zero attached hydrogens (tertiary/aromatic N) is 3. The Morgan fingerprint density at radius 3 is 2.68 bits per heavy atom. The van der Waals surface area contributed by atoms with Crippen LogP contribution in [0.25, 0.3) is 11.0 Å². The maximum absolute atomic E-state index is 6.44. The first-order valence-corrected chi connectivity index (χ1v) is 9.48. The number of hydrogen-bond donors (Lipinski definition) is 0. The second-order valence-electron chi connectivity index (χ2n) is 6.11. The molecule has 0 N–H and O–H groups in total. The van der Waals surface area contributed by atoms with Crippen LogP contribution in [0, 0.1) is 6.42 Å². The predicted octanol–water partition coefficient (Wildman–Crippen LogP) is 6.50. The van der Waals surface area contributed by atoms with Crippen LogP contribution in [0.4, 0.5) is 11.6 Å². The Kier molecular flexibility index (Phi) is 4.57. The molecule has 3 nitrogen and oxygen atoms in total. The molecular formula is C19H17Cl3N3. The minimum atomic E-state index is 0.624. The average Bonchev–Trinajstić information content (AvgIpc) is 2.99. The summed E-state index contributed by atoms with van der Waals surface area (Å²) in [6, 6.07) is 9.55. The van der Waals surface area contributed by atoms with Gasteiger partial charge in [0.2, 0.25) is 5.95 Å². The van der Waals surface area contributed by atoms with Crippen molar-refractivity contribution in [2.24, 2.45) is 0 Å². The molecule has 0 amide bonds. The normalized spacial score (nSPS) is 14.2. The lowest BCUT2D eigenvalue weighted by Crippen LogP contribution is -2.28. The molecular weight excluding hydrogens is 377 g/mol. The minimum absolute atomic E-state index is 0.624. The van der Waals surface area contributed by atoms with E-state index in [0.717, 1.165) is 48.6 Å². The lowest BCUT2D eigenvalue weighted by atomic mass is 10.1. The van der Waals surface area contributed by atoms with Gasteiger partial charge >= 0.3 is 0 Å². The van der Waals surface area contributed by atoms with Crippen molar-refractivity contribution in [3.05, 3.63) is 57.4 Å². The van der Waals surface area contributed by atoms with Crippen molar-refractivity contribution in [2.45, 2.75) is 26.3 Å². The van der Waals surface area contributed by atoms with Gasteiger partial charge in [0.15, 0.2) is 0 Å². The van der Waals surface area contributed by atoms with Gasteiger partial charge in [-0.1, -0.05) is 47.8 Å². The molecule has 0 bridgehead atoms. The number of anilines is 2. The Hall–Kier alpha value is -1.42. The molecule has 0 spiro atoms. The number of hydrogen-bond acceptors (Lipinski definition) is 2. The Labute approximate surface area is 162 Å². The Morgan fingerprint density at radius 2 is 1.92 bits per heavy atom. The van der Waals surface area contributed by atoms with E-state index >= 15 is 0 Å². The molecule has 1 aliphatic heterocycles. The topological polar surface area (TPSA) is 21.1 Å².